The highest BCUT2D eigenvalue weighted by molar-refractivity contribution is 5.91. The average molecular weight is 291 g/mol. The first kappa shape index (κ1) is 16.6. The molecule has 0 fully saturated rings. The summed E-state index contributed by atoms with van der Waals surface area (Å²) in [6.07, 6.45) is 2.36. The molecular formula is C15H17NO5. The van der Waals surface area contributed by atoms with Gasteiger partial charge in [-0.3, -0.25) is 14.9 Å². The summed E-state index contributed by atoms with van der Waals surface area (Å²) < 4.78 is 4.81. The molecule has 0 bridgehead atoms. The monoisotopic (exact) mass is 291 g/mol. The van der Waals surface area contributed by atoms with Crippen LogP contribution in [0.25, 0.3) is 6.08 Å². The Balaban J connectivity index is 2.68. The van der Waals surface area contributed by atoms with E-state index in [1.807, 2.05) is 0 Å². The molecule has 21 heavy (non-hydrogen) atoms. The molecule has 0 atom stereocenters. The number of carbonyl (C=O) groups excluding carboxylic acids is 2. The van der Waals surface area contributed by atoms with Crippen LogP contribution >= 0.6 is 0 Å². The molecule has 0 aliphatic carbocycles. The number of nitrogens with zero attached hydrogens (tertiary/aromatic N) is 1. The van der Waals surface area contributed by atoms with Crippen molar-refractivity contribution in [1.29, 1.82) is 0 Å². The fraction of sp³-hybridized carbons (Fsp3) is 0.333. The standard InChI is InChI=1S/C15H17NO5/c1-15(2,3)13(17)10-21-14(18)9-8-11-6-4-5-7-12(11)16(19)20/h4-9H,10H2,1-3H3/b9-8+. The van der Waals surface area contributed by atoms with E-state index in [9.17, 15) is 19.7 Å². The normalized spacial score (nSPS) is 11.4. The van der Waals surface area contributed by atoms with Gasteiger partial charge < -0.3 is 4.74 Å². The molecule has 0 amide bonds. The zero-order chi connectivity index (χ0) is 16.0. The predicted molar refractivity (Wildman–Crippen MR) is 77.6 cm³/mol. The summed E-state index contributed by atoms with van der Waals surface area (Å²) in [6, 6.07) is 6.02. The molecule has 112 valence electrons. The van der Waals surface area contributed by atoms with Crippen LogP contribution in [0.2, 0.25) is 0 Å². The number of nitro groups is 1. The lowest BCUT2D eigenvalue weighted by molar-refractivity contribution is -0.385. The second-order valence-corrected chi connectivity index (χ2v) is 5.43. The van der Waals surface area contributed by atoms with Crippen molar-refractivity contribution < 1.29 is 19.2 Å². The fourth-order valence-corrected chi connectivity index (χ4v) is 1.35. The highest BCUT2D eigenvalue weighted by Gasteiger charge is 2.22. The Morgan fingerprint density at radius 3 is 2.48 bits per heavy atom. The molecule has 1 aromatic rings. The first-order valence-electron chi connectivity index (χ1n) is 6.33. The Morgan fingerprint density at radius 1 is 1.29 bits per heavy atom. The Hall–Kier alpha value is -2.50. The van der Waals surface area contributed by atoms with Gasteiger partial charge in [-0.05, 0) is 12.1 Å². The second-order valence-electron chi connectivity index (χ2n) is 5.43. The van der Waals surface area contributed by atoms with Gasteiger partial charge in [-0.1, -0.05) is 32.9 Å². The number of benzene rings is 1. The summed E-state index contributed by atoms with van der Waals surface area (Å²) in [6.45, 7) is 4.87. The van der Waals surface area contributed by atoms with Crippen molar-refractivity contribution in [1.82, 2.24) is 0 Å². The van der Waals surface area contributed by atoms with Crippen molar-refractivity contribution in [2.75, 3.05) is 6.61 Å². The molecule has 0 saturated carbocycles. The summed E-state index contributed by atoms with van der Waals surface area (Å²) in [5, 5.41) is 10.8. The largest absolute Gasteiger partial charge is 0.455 e. The van der Waals surface area contributed by atoms with E-state index in [4.69, 9.17) is 4.74 Å². The lowest BCUT2D eigenvalue weighted by atomic mass is 9.91. The number of hydrogen-bond acceptors (Lipinski definition) is 5. The molecule has 1 rings (SSSR count). The van der Waals surface area contributed by atoms with Gasteiger partial charge in [-0.15, -0.1) is 0 Å². The maximum atomic E-state index is 11.6. The van der Waals surface area contributed by atoms with Crippen LogP contribution in [0.5, 0.6) is 0 Å². The van der Waals surface area contributed by atoms with E-state index in [-0.39, 0.29) is 18.1 Å². The molecule has 6 nitrogen and oxygen atoms in total. The van der Waals surface area contributed by atoms with Crippen LogP contribution in [0, 0.1) is 15.5 Å². The summed E-state index contributed by atoms with van der Waals surface area (Å²) >= 11 is 0. The van der Waals surface area contributed by atoms with E-state index >= 15 is 0 Å². The minimum absolute atomic E-state index is 0.104. The summed E-state index contributed by atoms with van der Waals surface area (Å²) in [4.78, 5) is 33.4. The Morgan fingerprint density at radius 2 is 1.90 bits per heavy atom. The molecule has 0 aliphatic rings. The van der Waals surface area contributed by atoms with Crippen LogP contribution in [0.15, 0.2) is 30.3 Å². The number of Topliss-reactive ketones (excluding diaryl/α,β-unsaturated/α-hetero) is 1. The number of nitro benzene ring substituents is 1. The SMILES string of the molecule is CC(C)(C)C(=O)COC(=O)/C=C/c1ccccc1[N+](=O)[O-]. The first-order chi connectivity index (χ1) is 9.71. The van der Waals surface area contributed by atoms with Crippen LogP contribution in [0.3, 0.4) is 0 Å². The van der Waals surface area contributed by atoms with Crippen molar-refractivity contribution >= 4 is 23.5 Å². The highest BCUT2D eigenvalue weighted by Crippen LogP contribution is 2.19. The zero-order valence-corrected chi connectivity index (χ0v) is 12.2. The molecule has 0 aromatic heterocycles. The van der Waals surface area contributed by atoms with E-state index in [2.05, 4.69) is 0 Å². The maximum Gasteiger partial charge on any atom is 0.331 e. The molecule has 0 saturated heterocycles. The lowest BCUT2D eigenvalue weighted by Crippen LogP contribution is -2.25. The molecule has 0 heterocycles. The third-order valence-corrected chi connectivity index (χ3v) is 2.71. The van der Waals surface area contributed by atoms with Gasteiger partial charge in [0.2, 0.25) is 0 Å². The first-order valence-corrected chi connectivity index (χ1v) is 6.33. The second kappa shape index (κ2) is 6.78. The highest BCUT2D eigenvalue weighted by atomic mass is 16.6. The molecule has 0 spiro atoms. The van der Waals surface area contributed by atoms with E-state index < -0.39 is 16.3 Å². The van der Waals surface area contributed by atoms with Crippen molar-refractivity contribution in [3.05, 3.63) is 46.0 Å². The van der Waals surface area contributed by atoms with Gasteiger partial charge in [0.05, 0.1) is 10.5 Å². The minimum Gasteiger partial charge on any atom is -0.455 e. The Labute approximate surface area is 122 Å². The van der Waals surface area contributed by atoms with Crippen LogP contribution in [0.1, 0.15) is 26.3 Å². The number of carbonyl (C=O) groups is 2. The number of para-hydroxylation sites is 1. The van der Waals surface area contributed by atoms with Gasteiger partial charge in [-0.25, -0.2) is 4.79 Å². The van der Waals surface area contributed by atoms with Crippen LogP contribution < -0.4 is 0 Å². The average Bonchev–Trinajstić information content (AvgIpc) is 2.41. The molecule has 6 heteroatoms. The fourth-order valence-electron chi connectivity index (χ4n) is 1.35. The van der Waals surface area contributed by atoms with Gasteiger partial charge in [-0.2, -0.15) is 0 Å². The maximum absolute atomic E-state index is 11.6. The Bertz CT molecular complexity index is 584. The summed E-state index contributed by atoms with van der Waals surface area (Å²) in [5.74, 6) is -0.916. The smallest absolute Gasteiger partial charge is 0.331 e. The van der Waals surface area contributed by atoms with E-state index in [1.54, 1.807) is 26.8 Å². The van der Waals surface area contributed by atoms with Crippen LogP contribution in [0.4, 0.5) is 5.69 Å². The number of ketones is 1. The third-order valence-electron chi connectivity index (χ3n) is 2.71. The molecular weight excluding hydrogens is 274 g/mol. The van der Waals surface area contributed by atoms with Crippen LogP contribution in [-0.4, -0.2) is 23.3 Å². The molecule has 0 radical (unpaired) electrons. The molecule has 0 aliphatic heterocycles. The van der Waals surface area contributed by atoms with Crippen molar-refractivity contribution in [2.45, 2.75) is 20.8 Å². The van der Waals surface area contributed by atoms with Gasteiger partial charge in [0.15, 0.2) is 12.4 Å². The zero-order valence-electron chi connectivity index (χ0n) is 12.2. The molecule has 1 aromatic carbocycles. The van der Waals surface area contributed by atoms with E-state index in [1.165, 1.54) is 24.3 Å². The van der Waals surface area contributed by atoms with Crippen LogP contribution in [-0.2, 0) is 14.3 Å². The van der Waals surface area contributed by atoms with Gasteiger partial charge in [0.25, 0.3) is 5.69 Å². The lowest BCUT2D eigenvalue weighted by Gasteiger charge is -2.15. The third kappa shape index (κ3) is 5.18. The quantitative estimate of drug-likeness (QED) is 0.360. The van der Waals surface area contributed by atoms with Gasteiger partial charge >= 0.3 is 5.97 Å². The topological polar surface area (TPSA) is 86.5 Å². The number of esters is 1. The van der Waals surface area contributed by atoms with Gasteiger partial charge in [0.1, 0.15) is 0 Å². The number of ether oxygens (including phenoxy) is 1. The van der Waals surface area contributed by atoms with E-state index in [0.717, 1.165) is 6.08 Å². The van der Waals surface area contributed by atoms with Crippen molar-refractivity contribution in [3.8, 4) is 0 Å². The van der Waals surface area contributed by atoms with Crippen molar-refractivity contribution in [3.63, 3.8) is 0 Å². The molecule has 0 unspecified atom stereocenters. The predicted octanol–water partition coefficient (Wildman–Crippen LogP) is 2.77. The Kier molecular flexibility index (Phi) is 5.35. The summed E-state index contributed by atoms with van der Waals surface area (Å²) in [7, 11) is 0. The molecule has 0 N–H and O–H groups in total. The number of hydrogen-bond donors (Lipinski definition) is 0. The van der Waals surface area contributed by atoms with E-state index in [0.29, 0.717) is 5.56 Å². The summed E-state index contributed by atoms with van der Waals surface area (Å²) in [5.41, 5.74) is -0.392. The van der Waals surface area contributed by atoms with Gasteiger partial charge in [0, 0.05) is 17.6 Å². The number of rotatable bonds is 5. The minimum atomic E-state index is -0.717. The van der Waals surface area contributed by atoms with Crippen molar-refractivity contribution in [2.24, 2.45) is 5.41 Å².